The van der Waals surface area contributed by atoms with E-state index in [4.69, 9.17) is 10.5 Å². The van der Waals surface area contributed by atoms with Crippen LogP contribution in [0.25, 0.3) is 0 Å². The summed E-state index contributed by atoms with van der Waals surface area (Å²) in [5.41, 5.74) is 5.50. The number of hydrogen-bond acceptors (Lipinski definition) is 4. The zero-order valence-corrected chi connectivity index (χ0v) is 9.14. The molecule has 0 unspecified atom stereocenters. The molecule has 17 heavy (non-hydrogen) atoms. The number of nitrogens with two attached hydrogens (primary N) is 1. The fraction of sp³-hybridized carbons (Fsp3) is 0.455. The summed E-state index contributed by atoms with van der Waals surface area (Å²) in [6.45, 7) is 0. The van der Waals surface area contributed by atoms with Crippen molar-refractivity contribution in [3.8, 4) is 5.75 Å². The van der Waals surface area contributed by atoms with Crippen molar-refractivity contribution in [3.63, 3.8) is 0 Å². The molecule has 1 fully saturated rings. The molecule has 0 heterocycles. The summed E-state index contributed by atoms with van der Waals surface area (Å²) in [5.74, 6) is -0.568. The van der Waals surface area contributed by atoms with Gasteiger partial charge in [0.2, 0.25) is 0 Å². The van der Waals surface area contributed by atoms with E-state index in [9.17, 15) is 14.5 Å². The van der Waals surface area contributed by atoms with Gasteiger partial charge in [-0.1, -0.05) is 0 Å². The van der Waals surface area contributed by atoms with Gasteiger partial charge < -0.3 is 10.5 Å². The fourth-order valence-corrected chi connectivity index (χ4v) is 1.99. The van der Waals surface area contributed by atoms with Gasteiger partial charge in [-0.2, -0.15) is 0 Å². The smallest absolute Gasteiger partial charge is 0.311 e. The molecule has 1 aliphatic carbocycles. The highest BCUT2D eigenvalue weighted by Gasteiger charge is 2.26. The summed E-state index contributed by atoms with van der Waals surface area (Å²) in [4.78, 5) is 10.2. The van der Waals surface area contributed by atoms with Gasteiger partial charge >= 0.3 is 5.69 Å². The minimum atomic E-state index is -0.580. The van der Waals surface area contributed by atoms with Crippen LogP contribution in [-0.4, -0.2) is 17.1 Å². The third kappa shape index (κ3) is 2.71. The lowest BCUT2D eigenvalue weighted by Gasteiger charge is -2.13. The van der Waals surface area contributed by atoms with Gasteiger partial charge in [0.25, 0.3) is 0 Å². The van der Waals surface area contributed by atoms with Crippen molar-refractivity contribution in [2.24, 2.45) is 5.73 Å². The molecule has 2 rings (SSSR count). The molecular weight excluding hydrogens is 227 g/mol. The van der Waals surface area contributed by atoms with Crippen LogP contribution in [0, 0.1) is 15.9 Å². The molecule has 1 aromatic carbocycles. The Morgan fingerprint density at radius 2 is 2.24 bits per heavy atom. The van der Waals surface area contributed by atoms with Gasteiger partial charge in [-0.3, -0.25) is 10.1 Å². The molecule has 0 amide bonds. The molecule has 2 atom stereocenters. The fourth-order valence-electron chi connectivity index (χ4n) is 1.99. The summed E-state index contributed by atoms with van der Waals surface area (Å²) in [7, 11) is 0. The van der Waals surface area contributed by atoms with Gasteiger partial charge in [0.15, 0.2) is 5.75 Å². The zero-order chi connectivity index (χ0) is 12.4. The van der Waals surface area contributed by atoms with Crippen molar-refractivity contribution < 1.29 is 14.1 Å². The van der Waals surface area contributed by atoms with Crippen molar-refractivity contribution in [3.05, 3.63) is 34.1 Å². The van der Waals surface area contributed by atoms with Gasteiger partial charge in [0.05, 0.1) is 4.92 Å². The SMILES string of the molecule is N[C@H]1CC[C@@H](Oc2cc(F)ccc2[N+](=O)[O-])C1. The number of halogens is 1. The van der Waals surface area contributed by atoms with E-state index >= 15 is 0 Å². The average Bonchev–Trinajstić information content (AvgIpc) is 2.63. The Kier molecular flexibility index (Phi) is 3.23. The van der Waals surface area contributed by atoms with E-state index in [0.29, 0.717) is 6.42 Å². The number of ether oxygens (including phenoxy) is 1. The summed E-state index contributed by atoms with van der Waals surface area (Å²) < 4.78 is 18.5. The van der Waals surface area contributed by atoms with Crippen LogP contribution in [0.5, 0.6) is 5.75 Å². The van der Waals surface area contributed by atoms with E-state index < -0.39 is 10.7 Å². The van der Waals surface area contributed by atoms with Crippen LogP contribution in [0.2, 0.25) is 0 Å². The summed E-state index contributed by atoms with van der Waals surface area (Å²) in [6.07, 6.45) is 2.06. The number of nitro benzene ring substituents is 1. The topological polar surface area (TPSA) is 78.4 Å². The molecule has 92 valence electrons. The molecule has 0 saturated heterocycles. The third-order valence-corrected chi connectivity index (χ3v) is 2.84. The molecular formula is C11H13FN2O3. The Bertz CT molecular complexity index is 439. The van der Waals surface area contributed by atoms with Crippen LogP contribution < -0.4 is 10.5 Å². The molecule has 1 aromatic rings. The Balaban J connectivity index is 2.19. The Labute approximate surface area is 97.5 Å². The van der Waals surface area contributed by atoms with Gasteiger partial charge in [0.1, 0.15) is 11.9 Å². The minimum Gasteiger partial charge on any atom is -0.483 e. The van der Waals surface area contributed by atoms with Gasteiger partial charge in [-0.25, -0.2) is 4.39 Å². The summed E-state index contributed by atoms with van der Waals surface area (Å²) in [5, 5.41) is 10.7. The van der Waals surface area contributed by atoms with E-state index in [1.54, 1.807) is 0 Å². The van der Waals surface area contributed by atoms with Crippen LogP contribution in [0.1, 0.15) is 19.3 Å². The molecule has 6 heteroatoms. The lowest BCUT2D eigenvalue weighted by Crippen LogP contribution is -2.19. The van der Waals surface area contributed by atoms with Crippen LogP contribution in [0.15, 0.2) is 18.2 Å². The second-order valence-corrected chi connectivity index (χ2v) is 4.18. The molecule has 0 spiro atoms. The van der Waals surface area contributed by atoms with Crippen LogP contribution in [0.4, 0.5) is 10.1 Å². The first-order valence-electron chi connectivity index (χ1n) is 5.42. The van der Waals surface area contributed by atoms with Crippen molar-refractivity contribution in [2.45, 2.75) is 31.4 Å². The molecule has 1 aliphatic rings. The van der Waals surface area contributed by atoms with Crippen LogP contribution in [0.3, 0.4) is 0 Å². The van der Waals surface area contributed by atoms with E-state index in [1.807, 2.05) is 0 Å². The maximum Gasteiger partial charge on any atom is 0.311 e. The van der Waals surface area contributed by atoms with E-state index in [0.717, 1.165) is 31.0 Å². The number of nitro groups is 1. The zero-order valence-electron chi connectivity index (χ0n) is 9.14. The quantitative estimate of drug-likeness (QED) is 0.647. The molecule has 0 radical (unpaired) electrons. The van der Waals surface area contributed by atoms with Gasteiger partial charge in [0, 0.05) is 18.2 Å². The second kappa shape index (κ2) is 4.67. The second-order valence-electron chi connectivity index (χ2n) is 4.18. The highest BCUT2D eigenvalue weighted by molar-refractivity contribution is 5.46. The van der Waals surface area contributed by atoms with Crippen molar-refractivity contribution in [1.82, 2.24) is 0 Å². The van der Waals surface area contributed by atoms with E-state index in [-0.39, 0.29) is 23.6 Å². The Morgan fingerprint density at radius 1 is 1.47 bits per heavy atom. The van der Waals surface area contributed by atoms with Crippen LogP contribution >= 0.6 is 0 Å². The molecule has 2 N–H and O–H groups in total. The number of nitrogens with zero attached hydrogens (tertiary/aromatic N) is 1. The lowest BCUT2D eigenvalue weighted by atomic mass is 10.2. The first-order chi connectivity index (χ1) is 8.06. The highest BCUT2D eigenvalue weighted by atomic mass is 19.1. The van der Waals surface area contributed by atoms with E-state index in [2.05, 4.69) is 0 Å². The van der Waals surface area contributed by atoms with Crippen LogP contribution in [-0.2, 0) is 0 Å². The summed E-state index contributed by atoms with van der Waals surface area (Å²) >= 11 is 0. The number of benzene rings is 1. The lowest BCUT2D eigenvalue weighted by molar-refractivity contribution is -0.386. The number of rotatable bonds is 3. The largest absolute Gasteiger partial charge is 0.483 e. The predicted molar refractivity (Wildman–Crippen MR) is 59.3 cm³/mol. The third-order valence-electron chi connectivity index (χ3n) is 2.84. The van der Waals surface area contributed by atoms with Gasteiger partial charge in [-0.05, 0) is 25.3 Å². The number of hydrogen-bond donors (Lipinski definition) is 1. The normalized spacial score (nSPS) is 23.6. The van der Waals surface area contributed by atoms with Crippen molar-refractivity contribution >= 4 is 5.69 Å². The molecule has 5 nitrogen and oxygen atoms in total. The van der Waals surface area contributed by atoms with Crippen molar-refractivity contribution in [1.29, 1.82) is 0 Å². The maximum atomic E-state index is 13.0. The Hall–Kier alpha value is -1.69. The maximum absolute atomic E-state index is 13.0. The van der Waals surface area contributed by atoms with Gasteiger partial charge in [-0.15, -0.1) is 0 Å². The first kappa shape index (κ1) is 11.8. The molecule has 0 bridgehead atoms. The standard InChI is InChI=1S/C11H13FN2O3/c12-7-1-4-10(14(15)16)11(5-7)17-9-3-2-8(13)6-9/h1,4-5,8-9H,2-3,6,13H2/t8-,9+/m0/s1. The molecule has 0 aromatic heterocycles. The van der Waals surface area contributed by atoms with Crippen molar-refractivity contribution in [2.75, 3.05) is 0 Å². The minimum absolute atomic E-state index is 0.0194. The van der Waals surface area contributed by atoms with E-state index in [1.165, 1.54) is 0 Å². The summed E-state index contributed by atoms with van der Waals surface area (Å²) in [6, 6.07) is 3.26. The molecule has 0 aliphatic heterocycles. The monoisotopic (exact) mass is 240 g/mol. The highest BCUT2D eigenvalue weighted by Crippen LogP contribution is 2.31. The first-order valence-corrected chi connectivity index (χ1v) is 5.42. The molecule has 1 saturated carbocycles. The predicted octanol–water partition coefficient (Wildman–Crippen LogP) is 1.99. The Morgan fingerprint density at radius 3 is 2.82 bits per heavy atom. The average molecular weight is 240 g/mol.